The molecular formula is C12H12N4S. The Bertz CT molecular complexity index is 696. The molecule has 0 unspecified atom stereocenters. The number of nitrogen functional groups attached to an aromatic ring is 1. The molecule has 17 heavy (non-hydrogen) atoms. The molecule has 0 amide bonds. The maximum Gasteiger partial charge on any atom is 0.211 e. The zero-order valence-electron chi connectivity index (χ0n) is 9.64. The minimum absolute atomic E-state index is 0.765. The molecule has 2 N–H and O–H groups in total. The standard InChI is InChI=1S/C12H12N4S/c1-7-5-8(2)16(15-7)12-14-10-4-3-9(13)6-11(10)17-12/h3-6H,13H2,1-2H3. The van der Waals surface area contributed by atoms with Crippen molar-refractivity contribution in [1.82, 2.24) is 14.8 Å². The van der Waals surface area contributed by atoms with Gasteiger partial charge in [-0.25, -0.2) is 9.67 Å². The minimum atomic E-state index is 0.765. The van der Waals surface area contributed by atoms with Crippen molar-refractivity contribution in [3.8, 4) is 5.13 Å². The highest BCUT2D eigenvalue weighted by molar-refractivity contribution is 7.20. The van der Waals surface area contributed by atoms with Crippen LogP contribution in [0.2, 0.25) is 0 Å². The first-order valence-electron chi connectivity index (χ1n) is 5.33. The van der Waals surface area contributed by atoms with Crippen molar-refractivity contribution in [2.24, 2.45) is 0 Å². The zero-order chi connectivity index (χ0) is 12.0. The fourth-order valence-electron chi connectivity index (χ4n) is 1.84. The van der Waals surface area contributed by atoms with Crippen molar-refractivity contribution in [3.63, 3.8) is 0 Å². The molecule has 5 heteroatoms. The van der Waals surface area contributed by atoms with E-state index in [0.29, 0.717) is 0 Å². The smallest absolute Gasteiger partial charge is 0.211 e. The lowest BCUT2D eigenvalue weighted by Crippen LogP contribution is -1.97. The van der Waals surface area contributed by atoms with E-state index in [1.54, 1.807) is 11.3 Å². The Morgan fingerprint density at radius 2 is 2.06 bits per heavy atom. The number of nitrogens with two attached hydrogens (primary N) is 1. The molecule has 1 aromatic carbocycles. The first-order valence-corrected chi connectivity index (χ1v) is 6.15. The van der Waals surface area contributed by atoms with Crippen LogP contribution >= 0.6 is 11.3 Å². The lowest BCUT2D eigenvalue weighted by molar-refractivity contribution is 0.828. The summed E-state index contributed by atoms with van der Waals surface area (Å²) in [7, 11) is 0. The molecule has 0 fully saturated rings. The molecule has 2 aromatic heterocycles. The minimum Gasteiger partial charge on any atom is -0.399 e. The number of thiazole rings is 1. The largest absolute Gasteiger partial charge is 0.399 e. The Balaban J connectivity index is 2.21. The van der Waals surface area contributed by atoms with E-state index < -0.39 is 0 Å². The summed E-state index contributed by atoms with van der Waals surface area (Å²) in [6.45, 7) is 4.01. The molecule has 0 atom stereocenters. The van der Waals surface area contributed by atoms with Crippen molar-refractivity contribution < 1.29 is 0 Å². The van der Waals surface area contributed by atoms with Crippen molar-refractivity contribution in [3.05, 3.63) is 35.7 Å². The summed E-state index contributed by atoms with van der Waals surface area (Å²) in [6, 6.07) is 7.80. The van der Waals surface area contributed by atoms with Crippen LogP contribution < -0.4 is 5.73 Å². The second-order valence-corrected chi connectivity index (χ2v) is 5.07. The molecule has 3 rings (SSSR count). The van der Waals surface area contributed by atoms with Gasteiger partial charge in [0.25, 0.3) is 0 Å². The average Bonchev–Trinajstić information content (AvgIpc) is 2.80. The van der Waals surface area contributed by atoms with E-state index in [9.17, 15) is 0 Å². The monoisotopic (exact) mass is 244 g/mol. The molecule has 0 spiro atoms. The van der Waals surface area contributed by atoms with Crippen LogP contribution in [-0.4, -0.2) is 14.8 Å². The predicted octanol–water partition coefficient (Wildman–Crippen LogP) is 2.68. The maximum atomic E-state index is 5.76. The van der Waals surface area contributed by atoms with E-state index in [1.807, 2.05) is 42.8 Å². The number of nitrogens with zero attached hydrogens (tertiary/aromatic N) is 3. The summed E-state index contributed by atoms with van der Waals surface area (Å²) in [5, 5.41) is 5.32. The number of anilines is 1. The van der Waals surface area contributed by atoms with Crippen LogP contribution in [0.15, 0.2) is 24.3 Å². The SMILES string of the molecule is Cc1cc(C)n(-c2nc3ccc(N)cc3s2)n1. The van der Waals surface area contributed by atoms with Gasteiger partial charge in [0.05, 0.1) is 15.9 Å². The van der Waals surface area contributed by atoms with Crippen molar-refractivity contribution in [2.45, 2.75) is 13.8 Å². The van der Waals surface area contributed by atoms with Gasteiger partial charge in [-0.3, -0.25) is 0 Å². The molecule has 0 saturated carbocycles. The Labute approximate surface area is 103 Å². The average molecular weight is 244 g/mol. The van der Waals surface area contributed by atoms with Crippen molar-refractivity contribution in [2.75, 3.05) is 5.73 Å². The Kier molecular flexibility index (Phi) is 2.16. The molecule has 2 heterocycles. The number of hydrogen-bond donors (Lipinski definition) is 1. The topological polar surface area (TPSA) is 56.7 Å². The fraction of sp³-hybridized carbons (Fsp3) is 0.167. The van der Waals surface area contributed by atoms with Gasteiger partial charge in [0.2, 0.25) is 5.13 Å². The lowest BCUT2D eigenvalue weighted by atomic mass is 10.3. The second kappa shape index (κ2) is 3.56. The predicted molar refractivity (Wildman–Crippen MR) is 70.6 cm³/mol. The van der Waals surface area contributed by atoms with Crippen LogP contribution in [0.5, 0.6) is 0 Å². The zero-order valence-corrected chi connectivity index (χ0v) is 10.5. The number of benzene rings is 1. The van der Waals surface area contributed by atoms with E-state index in [4.69, 9.17) is 5.73 Å². The van der Waals surface area contributed by atoms with Gasteiger partial charge in [0.1, 0.15) is 0 Å². The third-order valence-electron chi connectivity index (χ3n) is 2.59. The van der Waals surface area contributed by atoms with Gasteiger partial charge >= 0.3 is 0 Å². The van der Waals surface area contributed by atoms with E-state index in [1.165, 1.54) is 0 Å². The number of fused-ring (bicyclic) bond motifs is 1. The number of aromatic nitrogens is 3. The summed E-state index contributed by atoms with van der Waals surface area (Å²) in [6.07, 6.45) is 0. The summed E-state index contributed by atoms with van der Waals surface area (Å²) >= 11 is 1.60. The number of aryl methyl sites for hydroxylation is 2. The van der Waals surface area contributed by atoms with Gasteiger partial charge in [0, 0.05) is 11.4 Å². The summed E-state index contributed by atoms with van der Waals surface area (Å²) < 4.78 is 2.96. The molecule has 0 bridgehead atoms. The summed E-state index contributed by atoms with van der Waals surface area (Å²) in [5.74, 6) is 0. The van der Waals surface area contributed by atoms with Crippen molar-refractivity contribution >= 4 is 27.2 Å². The molecule has 0 aliphatic heterocycles. The van der Waals surface area contributed by atoms with E-state index in [0.717, 1.165) is 32.4 Å². The van der Waals surface area contributed by atoms with Crippen LogP contribution in [0.25, 0.3) is 15.3 Å². The molecule has 3 aromatic rings. The lowest BCUT2D eigenvalue weighted by Gasteiger charge is -1.96. The van der Waals surface area contributed by atoms with Gasteiger partial charge < -0.3 is 5.73 Å². The van der Waals surface area contributed by atoms with Gasteiger partial charge in [-0.2, -0.15) is 5.10 Å². The van der Waals surface area contributed by atoms with Gasteiger partial charge in [0.15, 0.2) is 0 Å². The quantitative estimate of drug-likeness (QED) is 0.669. The van der Waals surface area contributed by atoms with Crippen molar-refractivity contribution in [1.29, 1.82) is 0 Å². The normalized spacial score (nSPS) is 11.2. The highest BCUT2D eigenvalue weighted by Crippen LogP contribution is 2.27. The second-order valence-electron chi connectivity index (χ2n) is 4.06. The molecule has 86 valence electrons. The third-order valence-corrected chi connectivity index (χ3v) is 3.59. The van der Waals surface area contributed by atoms with Crippen LogP contribution in [0, 0.1) is 13.8 Å². The van der Waals surface area contributed by atoms with Gasteiger partial charge in [-0.1, -0.05) is 11.3 Å². The highest BCUT2D eigenvalue weighted by Gasteiger charge is 2.09. The summed E-state index contributed by atoms with van der Waals surface area (Å²) in [5.41, 5.74) is 9.59. The molecule has 0 aliphatic carbocycles. The molecule has 0 aliphatic rings. The van der Waals surface area contributed by atoms with E-state index in [2.05, 4.69) is 10.1 Å². The van der Waals surface area contributed by atoms with Gasteiger partial charge in [-0.05, 0) is 38.1 Å². The van der Waals surface area contributed by atoms with Gasteiger partial charge in [-0.15, -0.1) is 0 Å². The third kappa shape index (κ3) is 1.68. The number of rotatable bonds is 1. The summed E-state index contributed by atoms with van der Waals surface area (Å²) in [4.78, 5) is 4.56. The first kappa shape index (κ1) is 10.3. The first-order chi connectivity index (χ1) is 8.13. The highest BCUT2D eigenvalue weighted by atomic mass is 32.1. The van der Waals surface area contributed by atoms with E-state index in [-0.39, 0.29) is 0 Å². The Hall–Kier alpha value is -1.88. The number of hydrogen-bond acceptors (Lipinski definition) is 4. The van der Waals surface area contributed by atoms with Crippen LogP contribution in [0.1, 0.15) is 11.4 Å². The molecule has 0 radical (unpaired) electrons. The van der Waals surface area contributed by atoms with E-state index >= 15 is 0 Å². The fourth-order valence-corrected chi connectivity index (χ4v) is 2.87. The maximum absolute atomic E-state index is 5.76. The molecule has 0 saturated heterocycles. The Morgan fingerprint density at radius 3 is 2.76 bits per heavy atom. The Morgan fingerprint density at radius 1 is 1.24 bits per heavy atom. The van der Waals surface area contributed by atoms with Crippen LogP contribution in [0.3, 0.4) is 0 Å². The molecular weight excluding hydrogens is 232 g/mol. The van der Waals surface area contributed by atoms with Crippen LogP contribution in [0.4, 0.5) is 5.69 Å². The van der Waals surface area contributed by atoms with Crippen LogP contribution in [-0.2, 0) is 0 Å². The molecule has 4 nitrogen and oxygen atoms in total.